The number of hydrogen-bond donors (Lipinski definition) is 2. The van der Waals surface area contributed by atoms with Crippen molar-refractivity contribution in [3.63, 3.8) is 0 Å². The van der Waals surface area contributed by atoms with Crippen LogP contribution in [0.15, 0.2) is 113 Å². The highest BCUT2D eigenvalue weighted by atomic mass is 32.2. The van der Waals surface area contributed by atoms with E-state index in [2.05, 4.69) is 15.6 Å². The van der Waals surface area contributed by atoms with E-state index in [9.17, 15) is 4.79 Å². The third-order valence-electron chi connectivity index (χ3n) is 11.1. The van der Waals surface area contributed by atoms with Crippen molar-refractivity contribution in [3.8, 4) is 39.8 Å². The minimum absolute atomic E-state index is 0.126. The van der Waals surface area contributed by atoms with Crippen LogP contribution >= 0.6 is 0 Å². The fourth-order valence-corrected chi connectivity index (χ4v) is 11.6. The van der Waals surface area contributed by atoms with E-state index in [0.29, 0.717) is 51.9 Å². The number of likely N-dealkylation sites (tertiary alicyclic amines) is 1. The number of carbonyl (C=O) groups is 1. The average molecular weight is 953 g/mol. The highest BCUT2D eigenvalue weighted by molar-refractivity contribution is 7.94. The van der Waals surface area contributed by atoms with Gasteiger partial charge in [-0.2, -0.15) is 9.10 Å². The molecule has 1 fully saturated rings. The van der Waals surface area contributed by atoms with Crippen LogP contribution < -0.4 is 25.3 Å². The van der Waals surface area contributed by atoms with E-state index in [-0.39, 0.29) is 49.7 Å². The molecule has 0 unspecified atom stereocenters. The molecule has 1 aliphatic heterocycles. The largest absolute Gasteiger partial charge is 0.497 e. The number of nitrogens with one attached hydrogen (secondary N) is 1. The standard InChI is InChI=1S/C48H56N8O9S2/c1-8-26-50-41-11-9-10-40(44(41)49)39-24-25-42(66(58,59)38-30-54(31-38)47(57)65-48(2,3)4)45(43(39)46-51-53-56(52-46)29-34-16-22-37(64-7)23-17-34)67(60,61)55(27-32-12-18-35(62-5)19-13-32)28-33-14-20-36(63-6)21-15-33/h9-25,38,50H,8,26-31,49H2,1-7H3. The molecule has 354 valence electrons. The summed E-state index contributed by atoms with van der Waals surface area (Å²) in [4.78, 5) is 14.6. The van der Waals surface area contributed by atoms with Gasteiger partial charge in [-0.05, 0) is 103 Å². The SMILES string of the molecule is CCCNc1cccc(-c2ccc(S(=O)(=O)C3CN(C(=O)OC(C)(C)C)C3)c(S(=O)(=O)N(Cc3ccc(OC)cc3)Cc3ccc(OC)cc3)c2-c2nnn(Cc3ccc(OC)cc3)n2)c1N. The third-order valence-corrected chi connectivity index (χ3v) is 15.3. The van der Waals surface area contributed by atoms with Gasteiger partial charge in [-0.1, -0.05) is 61.5 Å². The van der Waals surface area contributed by atoms with Crippen LogP contribution in [0, 0.1) is 0 Å². The number of anilines is 2. The molecule has 19 heteroatoms. The summed E-state index contributed by atoms with van der Waals surface area (Å²) < 4.78 is 85.5. The third kappa shape index (κ3) is 10.8. The van der Waals surface area contributed by atoms with Gasteiger partial charge in [0.1, 0.15) is 33.0 Å². The van der Waals surface area contributed by atoms with Crippen molar-refractivity contribution in [2.24, 2.45) is 0 Å². The normalized spacial score (nSPS) is 13.3. The fourth-order valence-electron chi connectivity index (χ4n) is 7.52. The van der Waals surface area contributed by atoms with Crippen molar-refractivity contribution in [2.45, 2.75) is 74.4 Å². The smallest absolute Gasteiger partial charge is 0.410 e. The number of nitrogens with two attached hydrogens (primary N) is 1. The van der Waals surface area contributed by atoms with E-state index in [0.717, 1.165) is 12.0 Å². The van der Waals surface area contributed by atoms with Gasteiger partial charge in [0.25, 0.3) is 0 Å². The molecule has 0 bridgehead atoms. The summed E-state index contributed by atoms with van der Waals surface area (Å²) in [6, 6.07) is 29.2. The van der Waals surface area contributed by atoms with Crippen molar-refractivity contribution >= 4 is 37.3 Å². The molecule has 1 aromatic heterocycles. The highest BCUT2D eigenvalue weighted by Crippen LogP contribution is 2.45. The molecule has 0 radical (unpaired) electrons. The number of para-hydroxylation sites is 1. The van der Waals surface area contributed by atoms with Crippen LogP contribution in [0.1, 0.15) is 50.8 Å². The second-order valence-electron chi connectivity index (χ2n) is 17.0. The lowest BCUT2D eigenvalue weighted by molar-refractivity contribution is 0.0139. The number of tetrazole rings is 1. The van der Waals surface area contributed by atoms with Crippen molar-refractivity contribution in [2.75, 3.05) is 52.0 Å². The lowest BCUT2D eigenvalue weighted by atomic mass is 9.97. The maximum Gasteiger partial charge on any atom is 0.410 e. The quantitative estimate of drug-likeness (QED) is 0.0812. The molecule has 0 saturated carbocycles. The zero-order valence-corrected chi connectivity index (χ0v) is 40.2. The number of rotatable bonds is 18. The molecule has 17 nitrogen and oxygen atoms in total. The van der Waals surface area contributed by atoms with E-state index in [1.807, 2.05) is 25.1 Å². The number of ether oxygens (including phenoxy) is 4. The molecule has 1 saturated heterocycles. The Balaban J connectivity index is 1.48. The molecule has 0 aliphatic carbocycles. The lowest BCUT2D eigenvalue weighted by Gasteiger charge is -2.39. The Kier molecular flexibility index (Phi) is 14.4. The minimum atomic E-state index is -4.92. The van der Waals surface area contributed by atoms with Gasteiger partial charge < -0.3 is 34.9 Å². The summed E-state index contributed by atoms with van der Waals surface area (Å²) in [5, 5.41) is 15.7. The second-order valence-corrected chi connectivity index (χ2v) is 21.1. The van der Waals surface area contributed by atoms with Crippen LogP contribution in [0.3, 0.4) is 0 Å². The van der Waals surface area contributed by atoms with Gasteiger partial charge in [-0.15, -0.1) is 10.2 Å². The predicted molar refractivity (Wildman–Crippen MR) is 255 cm³/mol. The molecule has 0 atom stereocenters. The number of aromatic nitrogens is 4. The van der Waals surface area contributed by atoms with Crippen LogP contribution in [0.5, 0.6) is 17.2 Å². The van der Waals surface area contributed by atoms with Crippen LogP contribution in [-0.2, 0) is 44.2 Å². The van der Waals surface area contributed by atoms with Gasteiger partial charge in [0.15, 0.2) is 9.84 Å². The lowest BCUT2D eigenvalue weighted by Crippen LogP contribution is -2.57. The van der Waals surface area contributed by atoms with Crippen molar-refractivity contribution in [1.82, 2.24) is 29.4 Å². The zero-order valence-electron chi connectivity index (χ0n) is 38.6. The first-order valence-electron chi connectivity index (χ1n) is 21.6. The molecule has 5 aromatic carbocycles. The maximum absolute atomic E-state index is 16.1. The second kappa shape index (κ2) is 20.0. The Morgan fingerprint density at radius 1 is 0.776 bits per heavy atom. The number of sulfonamides is 1. The average Bonchev–Trinajstić information content (AvgIpc) is 3.75. The first-order chi connectivity index (χ1) is 31.9. The van der Waals surface area contributed by atoms with Crippen LogP contribution in [0.2, 0.25) is 0 Å². The molecule has 67 heavy (non-hydrogen) atoms. The number of hydrogen-bond acceptors (Lipinski definition) is 14. The fraction of sp³-hybridized carbons (Fsp3) is 0.333. The summed E-state index contributed by atoms with van der Waals surface area (Å²) in [6.07, 6.45) is 0.119. The van der Waals surface area contributed by atoms with Gasteiger partial charge in [0.2, 0.25) is 15.8 Å². The Bertz CT molecular complexity index is 2870. The zero-order chi connectivity index (χ0) is 48.1. The molecule has 0 spiro atoms. The Hall–Kier alpha value is -6.70. The van der Waals surface area contributed by atoms with Crippen LogP contribution in [0.25, 0.3) is 22.5 Å². The number of nitrogen functional groups attached to an aromatic ring is 1. The first-order valence-corrected chi connectivity index (χ1v) is 24.6. The van der Waals surface area contributed by atoms with Crippen molar-refractivity contribution in [3.05, 3.63) is 120 Å². The van der Waals surface area contributed by atoms with Gasteiger partial charge in [-0.25, -0.2) is 21.6 Å². The van der Waals surface area contributed by atoms with E-state index >= 15 is 16.8 Å². The molecule has 1 amide bonds. The van der Waals surface area contributed by atoms with Crippen molar-refractivity contribution in [1.29, 1.82) is 0 Å². The molecule has 1 aliphatic rings. The molecule has 3 N–H and O–H groups in total. The Labute approximate surface area is 391 Å². The van der Waals surface area contributed by atoms with E-state index in [1.54, 1.807) is 101 Å². The molecular weight excluding hydrogens is 897 g/mol. The van der Waals surface area contributed by atoms with E-state index in [1.165, 1.54) is 40.4 Å². The van der Waals surface area contributed by atoms with Crippen LogP contribution in [-0.4, -0.2) is 104 Å². The maximum atomic E-state index is 16.1. The highest BCUT2D eigenvalue weighted by Gasteiger charge is 2.46. The van der Waals surface area contributed by atoms with E-state index in [4.69, 9.17) is 29.8 Å². The minimum Gasteiger partial charge on any atom is -0.497 e. The topological polar surface area (TPSA) is 210 Å². The predicted octanol–water partition coefficient (Wildman–Crippen LogP) is 7.27. The summed E-state index contributed by atoms with van der Waals surface area (Å²) in [6.45, 7) is 7.06. The number of methoxy groups -OCH3 is 3. The number of sulfone groups is 1. The molecule has 7 rings (SSSR count). The van der Waals surface area contributed by atoms with Gasteiger partial charge in [0, 0.05) is 38.3 Å². The van der Waals surface area contributed by atoms with Gasteiger partial charge in [-0.3, -0.25) is 0 Å². The summed E-state index contributed by atoms with van der Waals surface area (Å²) in [7, 11) is -4.85. The van der Waals surface area contributed by atoms with Crippen LogP contribution in [0.4, 0.5) is 16.2 Å². The number of nitrogens with zero attached hydrogens (tertiary/aromatic N) is 6. The van der Waals surface area contributed by atoms with Gasteiger partial charge >= 0.3 is 6.09 Å². The molecular formula is C48H56N8O9S2. The summed E-state index contributed by atoms with van der Waals surface area (Å²) in [5.74, 6) is 1.61. The van der Waals surface area contributed by atoms with Gasteiger partial charge in [0.05, 0.1) is 49.7 Å². The van der Waals surface area contributed by atoms with Crippen molar-refractivity contribution < 1.29 is 40.6 Å². The molecule has 2 heterocycles. The first kappa shape index (κ1) is 48.2. The Morgan fingerprint density at radius 3 is 1.85 bits per heavy atom. The Morgan fingerprint density at radius 2 is 1.33 bits per heavy atom. The molecule has 6 aromatic rings. The number of amides is 1. The summed E-state index contributed by atoms with van der Waals surface area (Å²) >= 11 is 0. The van der Waals surface area contributed by atoms with E-state index < -0.39 is 46.6 Å². The number of carbonyl (C=O) groups excluding carboxylic acids is 1. The number of benzene rings is 5. The summed E-state index contributed by atoms with van der Waals surface area (Å²) in [5.41, 5.74) is 9.47. The monoisotopic (exact) mass is 952 g/mol.